The van der Waals surface area contributed by atoms with Crippen molar-refractivity contribution in [3.8, 4) is 0 Å². The maximum atomic E-state index is 10.9. The lowest BCUT2D eigenvalue weighted by Gasteiger charge is -2.29. The molecule has 0 saturated carbocycles. The molecule has 4 nitrogen and oxygen atoms in total. The highest BCUT2D eigenvalue weighted by molar-refractivity contribution is 5.88. The fourth-order valence-corrected chi connectivity index (χ4v) is 1.53. The van der Waals surface area contributed by atoms with Crippen molar-refractivity contribution in [2.75, 3.05) is 11.9 Å². The zero-order valence-electron chi connectivity index (χ0n) is 10.9. The van der Waals surface area contributed by atoms with E-state index in [1.165, 1.54) is 6.92 Å². The summed E-state index contributed by atoms with van der Waals surface area (Å²) in [6.07, 6.45) is 0. The van der Waals surface area contributed by atoms with E-state index in [0.29, 0.717) is 0 Å². The standard InChI is InChI=1S/C13H20N2O2.ClH/c1-9(17)15-11-6-4-10(5-7-11)12(14)13(2,3)8-16;/h4-7,12,16H,8,14H2,1-3H3,(H,15,17);1H/t12-;/m1./s1. The maximum absolute atomic E-state index is 10.9. The van der Waals surface area contributed by atoms with Gasteiger partial charge in [-0.15, -0.1) is 12.4 Å². The molecule has 0 aromatic heterocycles. The van der Waals surface area contributed by atoms with E-state index in [0.717, 1.165) is 11.3 Å². The van der Waals surface area contributed by atoms with Crippen LogP contribution in [0, 0.1) is 5.41 Å². The molecule has 5 heteroatoms. The molecule has 18 heavy (non-hydrogen) atoms. The number of carbonyl (C=O) groups excluding carboxylic acids is 1. The molecule has 4 N–H and O–H groups in total. The van der Waals surface area contributed by atoms with Crippen LogP contribution in [0.3, 0.4) is 0 Å². The van der Waals surface area contributed by atoms with E-state index in [4.69, 9.17) is 5.73 Å². The molecule has 0 aliphatic heterocycles. The Labute approximate surface area is 114 Å². The molecular weight excluding hydrogens is 252 g/mol. The zero-order valence-corrected chi connectivity index (χ0v) is 11.8. The molecule has 0 unspecified atom stereocenters. The van der Waals surface area contributed by atoms with Crippen LogP contribution >= 0.6 is 12.4 Å². The fraction of sp³-hybridized carbons (Fsp3) is 0.462. The summed E-state index contributed by atoms with van der Waals surface area (Å²) in [5, 5.41) is 12.0. The predicted octanol–water partition coefficient (Wildman–Crippen LogP) is 2.09. The molecule has 0 heterocycles. The average Bonchev–Trinajstić information content (AvgIpc) is 2.28. The average molecular weight is 273 g/mol. The number of aliphatic hydroxyl groups is 1. The third-order valence-electron chi connectivity index (χ3n) is 2.84. The van der Waals surface area contributed by atoms with Gasteiger partial charge in [0.15, 0.2) is 0 Å². The molecular formula is C13H21ClN2O2. The van der Waals surface area contributed by atoms with Crippen molar-refractivity contribution in [1.29, 1.82) is 0 Å². The Balaban J connectivity index is 0.00000289. The maximum Gasteiger partial charge on any atom is 0.221 e. The van der Waals surface area contributed by atoms with Crippen molar-refractivity contribution in [3.63, 3.8) is 0 Å². The summed E-state index contributed by atoms with van der Waals surface area (Å²) in [5.74, 6) is -0.0993. The SMILES string of the molecule is CC(=O)Nc1ccc([C@@H](N)C(C)(C)CO)cc1.Cl. The second-order valence-corrected chi connectivity index (χ2v) is 4.93. The largest absolute Gasteiger partial charge is 0.396 e. The molecule has 0 aliphatic carbocycles. The number of anilines is 1. The molecule has 1 atom stereocenters. The molecule has 1 amide bonds. The number of hydrogen-bond acceptors (Lipinski definition) is 3. The van der Waals surface area contributed by atoms with Crippen LogP contribution in [0.15, 0.2) is 24.3 Å². The molecule has 0 fully saturated rings. The smallest absolute Gasteiger partial charge is 0.221 e. The molecule has 0 bridgehead atoms. The van der Waals surface area contributed by atoms with Gasteiger partial charge in [0.1, 0.15) is 0 Å². The van der Waals surface area contributed by atoms with E-state index in [2.05, 4.69) is 5.32 Å². The highest BCUT2D eigenvalue weighted by Crippen LogP contribution is 2.30. The predicted molar refractivity (Wildman–Crippen MR) is 75.8 cm³/mol. The first kappa shape index (κ1) is 16.9. The Morgan fingerprint density at radius 1 is 1.39 bits per heavy atom. The van der Waals surface area contributed by atoms with Gasteiger partial charge in [0.05, 0.1) is 0 Å². The normalized spacial score (nSPS) is 12.5. The van der Waals surface area contributed by atoms with Gasteiger partial charge in [-0.05, 0) is 17.7 Å². The Morgan fingerprint density at radius 2 is 1.89 bits per heavy atom. The topological polar surface area (TPSA) is 75.4 Å². The number of nitrogens with one attached hydrogen (secondary N) is 1. The second kappa shape index (κ2) is 6.73. The highest BCUT2D eigenvalue weighted by Gasteiger charge is 2.26. The van der Waals surface area contributed by atoms with Gasteiger partial charge in [0, 0.05) is 30.7 Å². The fourth-order valence-electron chi connectivity index (χ4n) is 1.53. The third kappa shape index (κ3) is 4.29. The van der Waals surface area contributed by atoms with E-state index in [-0.39, 0.29) is 36.4 Å². The summed E-state index contributed by atoms with van der Waals surface area (Å²) in [7, 11) is 0. The van der Waals surface area contributed by atoms with Crippen molar-refractivity contribution >= 4 is 24.0 Å². The lowest BCUT2D eigenvalue weighted by Crippen LogP contribution is -2.32. The summed E-state index contributed by atoms with van der Waals surface area (Å²) in [5.41, 5.74) is 7.41. The van der Waals surface area contributed by atoms with Crippen molar-refractivity contribution in [2.45, 2.75) is 26.8 Å². The van der Waals surface area contributed by atoms with Gasteiger partial charge >= 0.3 is 0 Å². The third-order valence-corrected chi connectivity index (χ3v) is 2.84. The van der Waals surface area contributed by atoms with Gasteiger partial charge in [-0.3, -0.25) is 4.79 Å². The first-order chi connectivity index (χ1) is 7.86. The summed E-state index contributed by atoms with van der Waals surface area (Å²) in [6, 6.07) is 7.12. The molecule has 0 aliphatic rings. The van der Waals surface area contributed by atoms with Gasteiger partial charge in [-0.2, -0.15) is 0 Å². The first-order valence-corrected chi connectivity index (χ1v) is 5.61. The van der Waals surface area contributed by atoms with Gasteiger partial charge in [0.25, 0.3) is 0 Å². The Bertz CT molecular complexity index is 390. The molecule has 0 spiro atoms. The van der Waals surface area contributed by atoms with E-state index in [1.54, 1.807) is 0 Å². The number of rotatable bonds is 4. The number of carbonyl (C=O) groups is 1. The van der Waals surface area contributed by atoms with E-state index < -0.39 is 0 Å². The minimum absolute atomic E-state index is 0. The lowest BCUT2D eigenvalue weighted by atomic mass is 9.82. The van der Waals surface area contributed by atoms with Gasteiger partial charge < -0.3 is 16.2 Å². The quantitative estimate of drug-likeness (QED) is 0.786. The first-order valence-electron chi connectivity index (χ1n) is 5.61. The Morgan fingerprint density at radius 3 is 2.28 bits per heavy atom. The van der Waals surface area contributed by atoms with Crippen molar-refractivity contribution in [2.24, 2.45) is 11.1 Å². The second-order valence-electron chi connectivity index (χ2n) is 4.93. The molecule has 0 radical (unpaired) electrons. The van der Waals surface area contributed by atoms with Crippen LogP contribution < -0.4 is 11.1 Å². The van der Waals surface area contributed by atoms with Gasteiger partial charge in [0.2, 0.25) is 5.91 Å². The van der Waals surface area contributed by atoms with E-state index in [9.17, 15) is 9.90 Å². The van der Waals surface area contributed by atoms with E-state index >= 15 is 0 Å². The minimum atomic E-state index is -0.366. The number of benzene rings is 1. The van der Waals surface area contributed by atoms with Crippen LogP contribution in [-0.2, 0) is 4.79 Å². The molecule has 1 aromatic rings. The Kier molecular flexibility index (Phi) is 6.32. The number of aliphatic hydroxyl groups excluding tert-OH is 1. The van der Waals surface area contributed by atoms with Crippen molar-refractivity contribution in [3.05, 3.63) is 29.8 Å². The number of hydrogen-bond donors (Lipinski definition) is 3. The van der Waals surface area contributed by atoms with Crippen LogP contribution in [0.5, 0.6) is 0 Å². The summed E-state index contributed by atoms with van der Waals surface area (Å²) < 4.78 is 0. The lowest BCUT2D eigenvalue weighted by molar-refractivity contribution is -0.114. The molecule has 1 aromatic carbocycles. The molecule has 0 saturated heterocycles. The number of halogens is 1. The molecule has 1 rings (SSSR count). The van der Waals surface area contributed by atoms with Crippen molar-refractivity contribution in [1.82, 2.24) is 0 Å². The van der Waals surface area contributed by atoms with Gasteiger partial charge in [-0.25, -0.2) is 0 Å². The number of amides is 1. The van der Waals surface area contributed by atoms with Crippen LogP contribution in [0.4, 0.5) is 5.69 Å². The Hall–Kier alpha value is -1.10. The molecule has 102 valence electrons. The van der Waals surface area contributed by atoms with E-state index in [1.807, 2.05) is 38.1 Å². The van der Waals surface area contributed by atoms with Crippen LogP contribution in [0.1, 0.15) is 32.4 Å². The minimum Gasteiger partial charge on any atom is -0.396 e. The number of nitrogens with two attached hydrogens (primary N) is 1. The van der Waals surface area contributed by atoms with Gasteiger partial charge in [-0.1, -0.05) is 26.0 Å². The van der Waals surface area contributed by atoms with Crippen LogP contribution in [0.25, 0.3) is 0 Å². The van der Waals surface area contributed by atoms with Crippen LogP contribution in [-0.4, -0.2) is 17.6 Å². The van der Waals surface area contributed by atoms with Crippen LogP contribution in [0.2, 0.25) is 0 Å². The van der Waals surface area contributed by atoms with Crippen molar-refractivity contribution < 1.29 is 9.90 Å². The summed E-state index contributed by atoms with van der Waals surface area (Å²) >= 11 is 0. The monoisotopic (exact) mass is 272 g/mol. The summed E-state index contributed by atoms with van der Waals surface area (Å²) in [6.45, 7) is 5.33. The highest BCUT2D eigenvalue weighted by atomic mass is 35.5. The summed E-state index contributed by atoms with van der Waals surface area (Å²) in [4.78, 5) is 10.9. The zero-order chi connectivity index (χ0) is 13.1.